The minimum atomic E-state index is 1.21. The highest BCUT2D eigenvalue weighted by Crippen LogP contribution is 2.46. The van der Waals surface area contributed by atoms with Gasteiger partial charge < -0.3 is 0 Å². The number of benzene rings is 9. The normalized spacial score (nSPS) is 11.3. The summed E-state index contributed by atoms with van der Waals surface area (Å²) in [7, 11) is 0. The van der Waals surface area contributed by atoms with Gasteiger partial charge in [-0.1, -0.05) is 182 Å². The monoisotopic (exact) mass is 608 g/mol. The smallest absolute Gasteiger partial charge is 0.00201 e. The van der Waals surface area contributed by atoms with Crippen LogP contribution >= 0.6 is 0 Å². The molecule has 0 N–H and O–H groups in total. The fraction of sp³-hybridized carbons (Fsp3) is 0. The summed E-state index contributed by atoms with van der Waals surface area (Å²) in [4.78, 5) is 0. The van der Waals surface area contributed by atoms with E-state index in [1.807, 2.05) is 0 Å². The van der Waals surface area contributed by atoms with Gasteiger partial charge in [-0.2, -0.15) is 0 Å². The molecular weight excluding hydrogens is 577 g/mol. The van der Waals surface area contributed by atoms with E-state index < -0.39 is 0 Å². The number of hydrogen-bond acceptors (Lipinski definition) is 0. The highest BCUT2D eigenvalue weighted by Gasteiger charge is 2.19. The molecule has 0 heteroatoms. The van der Waals surface area contributed by atoms with Gasteiger partial charge in [0, 0.05) is 0 Å². The molecule has 0 aliphatic heterocycles. The predicted octanol–water partition coefficient (Wildman–Crippen LogP) is 13.5. The molecule has 0 aliphatic rings. The zero-order chi connectivity index (χ0) is 31.9. The molecule has 0 saturated carbocycles. The lowest BCUT2D eigenvalue weighted by molar-refractivity contribution is 1.59. The van der Waals surface area contributed by atoms with Crippen LogP contribution in [0, 0.1) is 0 Å². The van der Waals surface area contributed by atoms with Crippen LogP contribution in [0.15, 0.2) is 194 Å². The van der Waals surface area contributed by atoms with E-state index in [-0.39, 0.29) is 0 Å². The second kappa shape index (κ2) is 11.8. The highest BCUT2D eigenvalue weighted by molar-refractivity contribution is 6.24. The molecule has 0 nitrogen and oxygen atoms in total. The third-order valence-electron chi connectivity index (χ3n) is 9.67. The Balaban J connectivity index is 1.34. The van der Waals surface area contributed by atoms with E-state index in [1.165, 1.54) is 88.0 Å². The van der Waals surface area contributed by atoms with E-state index in [9.17, 15) is 0 Å². The predicted molar refractivity (Wildman–Crippen MR) is 206 cm³/mol. The Morgan fingerprint density at radius 3 is 1.38 bits per heavy atom. The van der Waals surface area contributed by atoms with Crippen molar-refractivity contribution in [2.75, 3.05) is 0 Å². The Kier molecular flexibility index (Phi) is 6.91. The van der Waals surface area contributed by atoms with Gasteiger partial charge in [-0.25, -0.2) is 0 Å². The van der Waals surface area contributed by atoms with Crippen molar-refractivity contribution in [3.05, 3.63) is 194 Å². The van der Waals surface area contributed by atoms with E-state index in [4.69, 9.17) is 0 Å². The summed E-state index contributed by atoms with van der Waals surface area (Å²) < 4.78 is 0. The van der Waals surface area contributed by atoms with Gasteiger partial charge >= 0.3 is 0 Å². The van der Waals surface area contributed by atoms with Crippen LogP contribution in [-0.4, -0.2) is 0 Å². The molecule has 0 amide bonds. The minimum Gasteiger partial charge on any atom is -0.0622 e. The maximum Gasteiger partial charge on any atom is -0.00201 e. The number of rotatable bonds is 5. The van der Waals surface area contributed by atoms with Gasteiger partial charge in [-0.3, -0.25) is 0 Å². The maximum absolute atomic E-state index is 2.42. The summed E-state index contributed by atoms with van der Waals surface area (Å²) in [5, 5.41) is 7.56. The lowest BCUT2D eigenvalue weighted by atomic mass is 9.83. The van der Waals surface area contributed by atoms with Crippen LogP contribution in [0.5, 0.6) is 0 Å². The first-order chi connectivity index (χ1) is 23.8. The molecule has 0 fully saturated rings. The fourth-order valence-corrected chi connectivity index (χ4v) is 7.37. The summed E-state index contributed by atoms with van der Waals surface area (Å²) in [6.07, 6.45) is 0. The second-order valence-electron chi connectivity index (χ2n) is 12.5. The van der Waals surface area contributed by atoms with Gasteiger partial charge in [-0.05, 0) is 100 Å². The zero-order valence-electron chi connectivity index (χ0n) is 26.5. The standard InChI is InChI=1S/C48H32/c1-3-13-33(14-4-1)35-25-27-36(28-26-35)39-29-30-45-46(32-39)47(40-20-11-19-38(31-40)34-15-5-2-6-16-34)43-22-9-10-23-44(43)48(45)42-24-12-18-37-17-7-8-21-41(37)42/h1-32H. The van der Waals surface area contributed by atoms with Crippen molar-refractivity contribution in [1.82, 2.24) is 0 Å². The van der Waals surface area contributed by atoms with Crippen LogP contribution in [-0.2, 0) is 0 Å². The van der Waals surface area contributed by atoms with Crippen molar-refractivity contribution in [2.45, 2.75) is 0 Å². The average Bonchev–Trinajstić information content (AvgIpc) is 3.17. The van der Waals surface area contributed by atoms with Crippen molar-refractivity contribution in [3.63, 3.8) is 0 Å². The summed E-state index contributed by atoms with van der Waals surface area (Å²) >= 11 is 0. The summed E-state index contributed by atoms with van der Waals surface area (Å²) in [5.41, 5.74) is 12.4. The summed E-state index contributed by atoms with van der Waals surface area (Å²) in [5.74, 6) is 0. The molecule has 0 aromatic heterocycles. The Labute approximate surface area is 281 Å². The van der Waals surface area contributed by atoms with Gasteiger partial charge in [0.1, 0.15) is 0 Å². The van der Waals surface area contributed by atoms with E-state index in [2.05, 4.69) is 194 Å². The average molecular weight is 609 g/mol. The molecule has 48 heavy (non-hydrogen) atoms. The quantitative estimate of drug-likeness (QED) is 0.171. The molecule has 0 saturated heterocycles. The van der Waals surface area contributed by atoms with Crippen LogP contribution in [0.25, 0.3) is 88.0 Å². The number of fused-ring (bicyclic) bond motifs is 3. The van der Waals surface area contributed by atoms with Gasteiger partial charge in [0.25, 0.3) is 0 Å². The van der Waals surface area contributed by atoms with E-state index in [1.54, 1.807) is 0 Å². The fourth-order valence-electron chi connectivity index (χ4n) is 7.37. The molecule has 0 heterocycles. The lowest BCUT2D eigenvalue weighted by Crippen LogP contribution is -1.93. The molecule has 0 unspecified atom stereocenters. The maximum atomic E-state index is 2.42. The Morgan fingerprint density at radius 2 is 0.646 bits per heavy atom. The summed E-state index contributed by atoms with van der Waals surface area (Å²) in [6, 6.07) is 70.8. The molecule has 9 aromatic rings. The van der Waals surface area contributed by atoms with Gasteiger partial charge in [0.15, 0.2) is 0 Å². The van der Waals surface area contributed by atoms with Gasteiger partial charge in [0.05, 0.1) is 0 Å². The van der Waals surface area contributed by atoms with Crippen molar-refractivity contribution >= 4 is 32.3 Å². The van der Waals surface area contributed by atoms with Crippen LogP contribution in [0.2, 0.25) is 0 Å². The molecule has 9 aromatic carbocycles. The van der Waals surface area contributed by atoms with E-state index >= 15 is 0 Å². The highest BCUT2D eigenvalue weighted by atomic mass is 14.2. The Bertz CT molecular complexity index is 2570. The molecule has 0 bridgehead atoms. The molecule has 9 rings (SSSR count). The van der Waals surface area contributed by atoms with Crippen molar-refractivity contribution in [1.29, 1.82) is 0 Å². The SMILES string of the molecule is c1ccc(-c2ccc(-c3ccc4c(-c5cccc6ccccc56)c5ccccc5c(-c5cccc(-c6ccccc6)c5)c4c3)cc2)cc1. The topological polar surface area (TPSA) is 0 Å². The van der Waals surface area contributed by atoms with Crippen LogP contribution in [0.3, 0.4) is 0 Å². The third-order valence-corrected chi connectivity index (χ3v) is 9.67. The van der Waals surface area contributed by atoms with Crippen LogP contribution in [0.1, 0.15) is 0 Å². The number of hydrogen-bond donors (Lipinski definition) is 0. The second-order valence-corrected chi connectivity index (χ2v) is 12.5. The molecule has 0 aliphatic carbocycles. The van der Waals surface area contributed by atoms with E-state index in [0.717, 1.165) is 0 Å². The first-order valence-electron chi connectivity index (χ1n) is 16.6. The molecule has 0 atom stereocenters. The summed E-state index contributed by atoms with van der Waals surface area (Å²) in [6.45, 7) is 0. The van der Waals surface area contributed by atoms with Crippen molar-refractivity contribution in [3.8, 4) is 55.6 Å². The van der Waals surface area contributed by atoms with Crippen molar-refractivity contribution in [2.24, 2.45) is 0 Å². The lowest BCUT2D eigenvalue weighted by Gasteiger charge is -2.20. The van der Waals surface area contributed by atoms with Gasteiger partial charge in [0.2, 0.25) is 0 Å². The first kappa shape index (κ1) is 28.0. The third kappa shape index (κ3) is 4.87. The molecule has 0 radical (unpaired) electrons. The largest absolute Gasteiger partial charge is 0.0622 e. The van der Waals surface area contributed by atoms with Crippen molar-refractivity contribution < 1.29 is 0 Å². The van der Waals surface area contributed by atoms with Gasteiger partial charge in [-0.15, -0.1) is 0 Å². The Morgan fingerprint density at radius 1 is 0.208 bits per heavy atom. The molecule has 0 spiro atoms. The van der Waals surface area contributed by atoms with E-state index in [0.29, 0.717) is 0 Å². The van der Waals surface area contributed by atoms with Crippen LogP contribution in [0.4, 0.5) is 0 Å². The Hall–Kier alpha value is -6.24. The minimum absolute atomic E-state index is 1.21. The molecule has 224 valence electrons. The molecular formula is C48H32. The van der Waals surface area contributed by atoms with Crippen LogP contribution < -0.4 is 0 Å². The first-order valence-corrected chi connectivity index (χ1v) is 16.6. The zero-order valence-corrected chi connectivity index (χ0v) is 26.5.